The number of hydrogen-bond acceptors (Lipinski definition) is 3. The maximum absolute atomic E-state index is 11.9. The largest absolute Gasteiger partial charge is 0.495 e. The lowest BCUT2D eigenvalue weighted by atomic mass is 9.94. The molecule has 0 saturated carbocycles. The number of ether oxygens (including phenoxy) is 1. The lowest BCUT2D eigenvalue weighted by Crippen LogP contribution is -2.17. The van der Waals surface area contributed by atoms with Gasteiger partial charge in [-0.25, -0.2) is 13.6 Å². The van der Waals surface area contributed by atoms with Gasteiger partial charge in [0.15, 0.2) is 0 Å². The molecule has 0 aliphatic heterocycles. The summed E-state index contributed by atoms with van der Waals surface area (Å²) in [6.07, 6.45) is 3.48. The summed E-state index contributed by atoms with van der Waals surface area (Å²) in [5.74, 6) is 0.795. The Hall–Kier alpha value is -1.07. The van der Waals surface area contributed by atoms with E-state index in [4.69, 9.17) is 9.88 Å². The zero-order valence-corrected chi connectivity index (χ0v) is 13.6. The lowest BCUT2D eigenvalue weighted by Gasteiger charge is -2.18. The van der Waals surface area contributed by atoms with Crippen LogP contribution >= 0.6 is 0 Å². The van der Waals surface area contributed by atoms with E-state index < -0.39 is 10.0 Å². The highest BCUT2D eigenvalue weighted by molar-refractivity contribution is 7.89. The Bertz CT molecular complexity index is 550. The fraction of sp³-hybridized carbons (Fsp3) is 0.600. The van der Waals surface area contributed by atoms with Gasteiger partial charge in [0.2, 0.25) is 10.0 Å². The predicted molar refractivity (Wildman–Crippen MR) is 81.5 cm³/mol. The SMILES string of the molecule is CCCCc1c(CC(C)C)ccc(OC)c1S(N)(=O)=O. The third-order valence-corrected chi connectivity index (χ3v) is 4.25. The Morgan fingerprint density at radius 3 is 2.40 bits per heavy atom. The maximum atomic E-state index is 11.9. The third kappa shape index (κ3) is 4.21. The molecular formula is C15H25NO3S. The minimum absolute atomic E-state index is 0.159. The highest BCUT2D eigenvalue weighted by Crippen LogP contribution is 2.31. The van der Waals surface area contributed by atoms with E-state index in [1.807, 2.05) is 6.07 Å². The first-order valence-corrected chi connectivity index (χ1v) is 8.57. The normalized spacial score (nSPS) is 11.9. The minimum atomic E-state index is -3.79. The maximum Gasteiger partial charge on any atom is 0.242 e. The zero-order valence-electron chi connectivity index (χ0n) is 12.8. The molecule has 0 spiro atoms. The second-order valence-electron chi connectivity index (χ2n) is 5.48. The van der Waals surface area contributed by atoms with E-state index in [9.17, 15) is 8.42 Å². The van der Waals surface area contributed by atoms with Gasteiger partial charge in [-0.05, 0) is 42.4 Å². The molecule has 114 valence electrons. The van der Waals surface area contributed by atoms with Crippen molar-refractivity contribution in [3.05, 3.63) is 23.3 Å². The first kappa shape index (κ1) is 17.0. The second kappa shape index (κ2) is 7.09. The molecule has 1 aromatic carbocycles. The van der Waals surface area contributed by atoms with E-state index in [0.29, 0.717) is 18.1 Å². The average Bonchev–Trinajstić information content (AvgIpc) is 2.34. The first-order chi connectivity index (χ1) is 9.31. The van der Waals surface area contributed by atoms with Crippen molar-refractivity contribution < 1.29 is 13.2 Å². The molecule has 0 radical (unpaired) electrons. The summed E-state index contributed by atoms with van der Waals surface area (Å²) in [6.45, 7) is 6.31. The van der Waals surface area contributed by atoms with Crippen LogP contribution in [0.3, 0.4) is 0 Å². The van der Waals surface area contributed by atoms with E-state index in [1.54, 1.807) is 6.07 Å². The van der Waals surface area contributed by atoms with Crippen molar-refractivity contribution in [2.45, 2.75) is 51.3 Å². The highest BCUT2D eigenvalue weighted by atomic mass is 32.2. The van der Waals surface area contributed by atoms with Crippen molar-refractivity contribution in [3.8, 4) is 5.75 Å². The molecule has 0 bridgehead atoms. The average molecular weight is 299 g/mol. The Morgan fingerprint density at radius 1 is 1.30 bits per heavy atom. The lowest BCUT2D eigenvalue weighted by molar-refractivity contribution is 0.400. The minimum Gasteiger partial charge on any atom is -0.495 e. The third-order valence-electron chi connectivity index (χ3n) is 3.23. The fourth-order valence-electron chi connectivity index (χ4n) is 2.38. The molecule has 4 nitrogen and oxygen atoms in total. The van der Waals surface area contributed by atoms with Crippen molar-refractivity contribution in [2.24, 2.45) is 11.1 Å². The number of sulfonamides is 1. The van der Waals surface area contributed by atoms with Crippen LogP contribution in [0.1, 0.15) is 44.7 Å². The van der Waals surface area contributed by atoms with Crippen LogP contribution in [0.25, 0.3) is 0 Å². The first-order valence-electron chi connectivity index (χ1n) is 7.02. The molecular weight excluding hydrogens is 274 g/mol. The standard InChI is InChI=1S/C15H25NO3S/c1-5-6-7-13-12(10-11(2)3)8-9-14(19-4)15(13)20(16,17)18/h8-9,11H,5-7,10H2,1-4H3,(H2,16,17,18). The van der Waals surface area contributed by atoms with Gasteiger partial charge < -0.3 is 4.74 Å². The summed E-state index contributed by atoms with van der Waals surface area (Å²) >= 11 is 0. The zero-order chi connectivity index (χ0) is 15.3. The topological polar surface area (TPSA) is 69.4 Å². The van der Waals surface area contributed by atoms with Gasteiger partial charge in [-0.15, -0.1) is 0 Å². The summed E-state index contributed by atoms with van der Waals surface area (Å²) < 4.78 is 29.1. The molecule has 5 heteroatoms. The van der Waals surface area contributed by atoms with E-state index in [0.717, 1.165) is 30.4 Å². The second-order valence-corrected chi connectivity index (χ2v) is 6.98. The summed E-state index contributed by atoms with van der Waals surface area (Å²) in [4.78, 5) is 0.159. The number of unbranched alkanes of at least 4 members (excludes halogenated alkanes) is 1. The predicted octanol–water partition coefficient (Wildman–Crippen LogP) is 2.88. The van der Waals surface area contributed by atoms with Crippen molar-refractivity contribution >= 4 is 10.0 Å². The molecule has 0 amide bonds. The van der Waals surface area contributed by atoms with Crippen LogP contribution in [-0.2, 0) is 22.9 Å². The van der Waals surface area contributed by atoms with Gasteiger partial charge in [0.1, 0.15) is 10.6 Å². The van der Waals surface area contributed by atoms with Crippen molar-refractivity contribution in [1.82, 2.24) is 0 Å². The Labute approximate surface area is 122 Å². The van der Waals surface area contributed by atoms with Crippen LogP contribution in [0.15, 0.2) is 17.0 Å². The van der Waals surface area contributed by atoms with Gasteiger partial charge in [-0.2, -0.15) is 0 Å². The van der Waals surface area contributed by atoms with Crippen LogP contribution in [0.5, 0.6) is 5.75 Å². The Balaban J connectivity index is 3.48. The molecule has 0 fully saturated rings. The smallest absolute Gasteiger partial charge is 0.242 e. The summed E-state index contributed by atoms with van der Waals surface area (Å²) in [6, 6.07) is 3.66. The van der Waals surface area contributed by atoms with Crippen molar-refractivity contribution in [3.63, 3.8) is 0 Å². The Morgan fingerprint density at radius 2 is 1.95 bits per heavy atom. The highest BCUT2D eigenvalue weighted by Gasteiger charge is 2.22. The van der Waals surface area contributed by atoms with Crippen LogP contribution in [0.2, 0.25) is 0 Å². The van der Waals surface area contributed by atoms with Gasteiger partial charge in [-0.1, -0.05) is 33.3 Å². The van der Waals surface area contributed by atoms with E-state index in [-0.39, 0.29) is 4.90 Å². The molecule has 0 aliphatic rings. The molecule has 1 rings (SSSR count). The number of hydrogen-bond donors (Lipinski definition) is 1. The quantitative estimate of drug-likeness (QED) is 0.841. The molecule has 0 aliphatic carbocycles. The van der Waals surface area contributed by atoms with E-state index in [2.05, 4.69) is 20.8 Å². The molecule has 0 saturated heterocycles. The fourth-order valence-corrected chi connectivity index (χ4v) is 3.39. The molecule has 0 atom stereocenters. The van der Waals surface area contributed by atoms with Crippen LogP contribution in [-0.4, -0.2) is 15.5 Å². The summed E-state index contributed by atoms with van der Waals surface area (Å²) in [7, 11) is -2.32. The molecule has 0 aromatic heterocycles. The van der Waals surface area contributed by atoms with E-state index >= 15 is 0 Å². The number of methoxy groups -OCH3 is 1. The molecule has 0 unspecified atom stereocenters. The van der Waals surface area contributed by atoms with Crippen molar-refractivity contribution in [1.29, 1.82) is 0 Å². The monoisotopic (exact) mass is 299 g/mol. The van der Waals surface area contributed by atoms with Gasteiger partial charge in [-0.3, -0.25) is 0 Å². The van der Waals surface area contributed by atoms with Gasteiger partial charge >= 0.3 is 0 Å². The van der Waals surface area contributed by atoms with E-state index in [1.165, 1.54) is 7.11 Å². The van der Waals surface area contributed by atoms with Crippen LogP contribution in [0, 0.1) is 5.92 Å². The molecule has 20 heavy (non-hydrogen) atoms. The molecule has 1 aromatic rings. The van der Waals surface area contributed by atoms with Gasteiger partial charge in [0.05, 0.1) is 7.11 Å². The Kier molecular flexibility index (Phi) is 6.02. The van der Waals surface area contributed by atoms with Crippen LogP contribution in [0.4, 0.5) is 0 Å². The number of nitrogens with two attached hydrogens (primary N) is 1. The molecule has 2 N–H and O–H groups in total. The van der Waals surface area contributed by atoms with Crippen LogP contribution < -0.4 is 9.88 Å². The number of rotatable bonds is 7. The van der Waals surface area contributed by atoms with Gasteiger partial charge in [0.25, 0.3) is 0 Å². The van der Waals surface area contributed by atoms with Gasteiger partial charge in [0, 0.05) is 0 Å². The summed E-state index contributed by atoms with van der Waals surface area (Å²) in [5, 5.41) is 5.40. The number of primary sulfonamides is 1. The molecule has 0 heterocycles. The summed E-state index contributed by atoms with van der Waals surface area (Å²) in [5.41, 5.74) is 1.88. The van der Waals surface area contributed by atoms with Crippen molar-refractivity contribution in [2.75, 3.05) is 7.11 Å². The number of benzene rings is 1.